The molecule has 3 atom stereocenters. The smallest absolute Gasteiger partial charge is 0.263 e. The Balaban J connectivity index is 0.761. The molecule has 16 heteroatoms. The van der Waals surface area contributed by atoms with Crippen molar-refractivity contribution in [3.8, 4) is 22.8 Å². The summed E-state index contributed by atoms with van der Waals surface area (Å²) in [6, 6.07) is 15.3. The van der Waals surface area contributed by atoms with E-state index < -0.39 is 41.6 Å². The fraction of sp³-hybridized carbons (Fsp3) is 0.444. The first-order valence-corrected chi connectivity index (χ1v) is 21.1. The number of rotatable bonds is 8. The van der Waals surface area contributed by atoms with E-state index in [0.29, 0.717) is 41.7 Å². The minimum Gasteiger partial charge on any atom is -0.504 e. The monoisotopic (exact) mass is 836 g/mol. The second-order valence-corrected chi connectivity index (χ2v) is 17.5. The minimum absolute atomic E-state index is 0.0448. The van der Waals surface area contributed by atoms with Crippen molar-refractivity contribution in [3.05, 3.63) is 88.2 Å². The number of aromatic hydroxyl groups is 1. The van der Waals surface area contributed by atoms with Gasteiger partial charge in [0, 0.05) is 75.5 Å². The van der Waals surface area contributed by atoms with Crippen LogP contribution in [0.5, 0.6) is 11.5 Å². The standard InChI is InChI=1S/C45H47F3N8O5/c1-25-15-29-21-53(20-26-9-13-54(14-10-26)30-6-5-28-22-55(43(60)33(28)17-30)36-7-8-39(57)50-42(36)59)12-11-27(29)16-38(25)61-31-19-45(44(47)48)24-49-41-37(56(45)23-31)18-35(51-52-41)32-3-2-4-34(46)40(32)58/h2-6,15-18,26,31,36,44,58H,7-14,19-24H2,1H3,(H,49,52)(H,50,57,59)/t31-,36+,45-/m1/s1. The quantitative estimate of drug-likeness (QED) is 0.196. The van der Waals surface area contributed by atoms with Gasteiger partial charge in [0.1, 0.15) is 23.4 Å². The van der Waals surface area contributed by atoms with Crippen molar-refractivity contribution in [2.45, 2.75) is 82.6 Å². The maximum absolute atomic E-state index is 15.1. The number of aromatic nitrogens is 2. The third kappa shape index (κ3) is 6.97. The molecular formula is C45H47F3N8O5. The molecule has 0 aliphatic carbocycles. The van der Waals surface area contributed by atoms with Crippen LogP contribution < -0.4 is 25.2 Å². The van der Waals surface area contributed by atoms with Crippen LogP contribution in [0.1, 0.15) is 64.7 Å². The molecule has 3 aromatic carbocycles. The van der Waals surface area contributed by atoms with Gasteiger partial charge >= 0.3 is 0 Å². The molecule has 318 valence electrons. The molecule has 61 heavy (non-hydrogen) atoms. The first kappa shape index (κ1) is 39.2. The predicted octanol–water partition coefficient (Wildman–Crippen LogP) is 5.42. The molecule has 0 spiro atoms. The van der Waals surface area contributed by atoms with Crippen LogP contribution in [0, 0.1) is 18.7 Å². The van der Waals surface area contributed by atoms with Gasteiger partial charge in [0.25, 0.3) is 12.3 Å². The molecule has 3 amide bonds. The number of imide groups is 1. The van der Waals surface area contributed by atoms with Crippen molar-refractivity contribution in [1.82, 2.24) is 25.3 Å². The zero-order valence-corrected chi connectivity index (χ0v) is 33.8. The number of hydrogen-bond donors (Lipinski definition) is 3. The van der Waals surface area contributed by atoms with Gasteiger partial charge in [-0.1, -0.05) is 18.2 Å². The number of carbonyl (C=O) groups excluding carboxylic acids is 3. The van der Waals surface area contributed by atoms with Crippen LogP contribution in [0.25, 0.3) is 11.3 Å². The van der Waals surface area contributed by atoms with E-state index in [1.54, 1.807) is 15.9 Å². The second-order valence-electron chi connectivity index (χ2n) is 17.5. The van der Waals surface area contributed by atoms with Crippen LogP contribution in [0.15, 0.2) is 54.6 Å². The first-order valence-electron chi connectivity index (χ1n) is 21.1. The number of hydrogen-bond acceptors (Lipinski definition) is 11. The van der Waals surface area contributed by atoms with Crippen LogP contribution in [0.4, 0.5) is 30.4 Å². The molecule has 0 saturated carbocycles. The Morgan fingerprint density at radius 3 is 2.57 bits per heavy atom. The number of carbonyl (C=O) groups is 3. The van der Waals surface area contributed by atoms with E-state index in [-0.39, 0.29) is 49.0 Å². The molecule has 7 heterocycles. The van der Waals surface area contributed by atoms with E-state index in [2.05, 4.69) is 48.8 Å². The second kappa shape index (κ2) is 15.2. The molecular weight excluding hydrogens is 790 g/mol. The number of aryl methyl sites for hydroxylation is 1. The van der Waals surface area contributed by atoms with E-state index in [9.17, 15) is 23.9 Å². The predicted molar refractivity (Wildman–Crippen MR) is 220 cm³/mol. The van der Waals surface area contributed by atoms with E-state index in [1.165, 1.54) is 23.3 Å². The van der Waals surface area contributed by atoms with Gasteiger partial charge in [-0.15, -0.1) is 10.2 Å². The van der Waals surface area contributed by atoms with Crippen molar-refractivity contribution in [2.24, 2.45) is 5.92 Å². The summed E-state index contributed by atoms with van der Waals surface area (Å²) in [7, 11) is 0. The maximum atomic E-state index is 15.1. The number of amides is 3. The highest BCUT2D eigenvalue weighted by Gasteiger charge is 2.56. The summed E-state index contributed by atoms with van der Waals surface area (Å²) in [5.41, 5.74) is 5.11. The van der Waals surface area contributed by atoms with Crippen molar-refractivity contribution in [3.63, 3.8) is 0 Å². The van der Waals surface area contributed by atoms with Gasteiger partial charge in [0.2, 0.25) is 11.8 Å². The van der Waals surface area contributed by atoms with E-state index in [0.717, 1.165) is 74.9 Å². The number of alkyl halides is 2. The van der Waals surface area contributed by atoms with Crippen LogP contribution in [-0.2, 0) is 29.1 Å². The van der Waals surface area contributed by atoms with Crippen molar-refractivity contribution in [2.75, 3.05) is 54.4 Å². The molecule has 3 fully saturated rings. The SMILES string of the molecule is Cc1cc2c(cc1O[C@H]1CN3c4cc(-c5cccc(F)c5O)nnc4NC[C@@]3(C(F)F)C1)CCN(CC1CCN(c3ccc4c(c3)C(=O)N([C@H]3CCC(=O)NC3=O)C4)CC1)C2. The lowest BCUT2D eigenvalue weighted by atomic mass is 9.92. The Bertz CT molecular complexity index is 2450. The van der Waals surface area contributed by atoms with E-state index in [4.69, 9.17) is 4.74 Å². The highest BCUT2D eigenvalue weighted by molar-refractivity contribution is 6.05. The lowest BCUT2D eigenvalue weighted by Crippen LogP contribution is -2.57. The van der Waals surface area contributed by atoms with E-state index >= 15 is 8.78 Å². The number of benzene rings is 3. The van der Waals surface area contributed by atoms with Crippen molar-refractivity contribution < 1.29 is 37.4 Å². The topological polar surface area (TPSA) is 143 Å². The Kier molecular flexibility index (Phi) is 9.80. The molecule has 13 nitrogen and oxygen atoms in total. The number of para-hydroxylation sites is 1. The third-order valence-corrected chi connectivity index (χ3v) is 13.7. The highest BCUT2D eigenvalue weighted by atomic mass is 19.3. The van der Waals surface area contributed by atoms with Gasteiger partial charge in [-0.05, 0) is 97.2 Å². The van der Waals surface area contributed by atoms with Crippen LogP contribution in [0.3, 0.4) is 0 Å². The number of nitrogens with one attached hydrogen (secondary N) is 2. The Morgan fingerprint density at radius 1 is 0.934 bits per heavy atom. The van der Waals surface area contributed by atoms with Crippen LogP contribution in [-0.4, -0.2) is 106 Å². The molecule has 6 aliphatic heterocycles. The van der Waals surface area contributed by atoms with Gasteiger partial charge in [-0.2, -0.15) is 0 Å². The zero-order chi connectivity index (χ0) is 42.2. The van der Waals surface area contributed by atoms with Crippen molar-refractivity contribution in [1.29, 1.82) is 0 Å². The fourth-order valence-corrected chi connectivity index (χ4v) is 10.3. The van der Waals surface area contributed by atoms with Gasteiger partial charge < -0.3 is 29.9 Å². The Morgan fingerprint density at radius 2 is 1.77 bits per heavy atom. The summed E-state index contributed by atoms with van der Waals surface area (Å²) in [6.45, 7) is 7.01. The zero-order valence-electron chi connectivity index (χ0n) is 33.8. The molecule has 3 saturated heterocycles. The van der Waals surface area contributed by atoms with Gasteiger partial charge in [-0.25, -0.2) is 13.2 Å². The lowest BCUT2D eigenvalue weighted by Gasteiger charge is -2.43. The lowest BCUT2D eigenvalue weighted by molar-refractivity contribution is -0.136. The molecule has 4 aromatic rings. The molecule has 0 radical (unpaired) electrons. The first-order chi connectivity index (χ1) is 29.4. The summed E-state index contributed by atoms with van der Waals surface area (Å²) in [6.07, 6.45) is 0.336. The molecule has 3 N–H and O–H groups in total. The summed E-state index contributed by atoms with van der Waals surface area (Å²) in [5.74, 6) is -0.677. The summed E-state index contributed by atoms with van der Waals surface area (Å²) in [4.78, 5) is 45.6. The fourth-order valence-electron chi connectivity index (χ4n) is 10.3. The highest BCUT2D eigenvalue weighted by Crippen LogP contribution is 2.47. The van der Waals surface area contributed by atoms with Gasteiger partial charge in [0.15, 0.2) is 17.4 Å². The van der Waals surface area contributed by atoms with Crippen LogP contribution in [0.2, 0.25) is 0 Å². The minimum atomic E-state index is -2.70. The van der Waals surface area contributed by atoms with Crippen LogP contribution >= 0.6 is 0 Å². The molecule has 6 aliphatic rings. The molecule has 0 unspecified atom stereocenters. The number of phenols is 1. The van der Waals surface area contributed by atoms with Gasteiger partial charge in [-0.3, -0.25) is 24.6 Å². The number of anilines is 3. The largest absolute Gasteiger partial charge is 0.504 e. The number of ether oxygens (including phenoxy) is 1. The Labute approximate surface area is 350 Å². The number of nitrogens with zero attached hydrogens (tertiary/aromatic N) is 6. The number of piperidine rings is 2. The molecule has 10 rings (SSSR count). The number of fused-ring (bicyclic) bond motifs is 5. The number of phenolic OH excluding ortho intramolecular Hbond substituents is 1. The molecule has 0 bridgehead atoms. The van der Waals surface area contributed by atoms with Gasteiger partial charge in [0.05, 0.1) is 17.9 Å². The Hall–Kier alpha value is -5.90. The maximum Gasteiger partial charge on any atom is 0.263 e. The average molecular weight is 837 g/mol. The molecule has 1 aromatic heterocycles. The van der Waals surface area contributed by atoms with Crippen molar-refractivity contribution >= 4 is 34.9 Å². The van der Waals surface area contributed by atoms with E-state index in [1.807, 2.05) is 19.1 Å². The normalized spacial score (nSPS) is 24.0. The summed E-state index contributed by atoms with van der Waals surface area (Å²) >= 11 is 0. The summed E-state index contributed by atoms with van der Waals surface area (Å²) in [5, 5.41) is 24.1. The summed E-state index contributed by atoms with van der Waals surface area (Å²) < 4.78 is 50.9. The number of halogens is 3. The average Bonchev–Trinajstić information content (AvgIpc) is 3.80. The third-order valence-electron chi connectivity index (χ3n) is 13.7.